The van der Waals surface area contributed by atoms with Gasteiger partial charge in [-0.15, -0.1) is 0 Å². The molecule has 0 aliphatic rings. The fourth-order valence-electron chi connectivity index (χ4n) is 1.98. The minimum Gasteiger partial charge on any atom is -0.404 e. The standard InChI is InChI=1S/C19H12BrNO4/c20-15-11-12-16(24-18(22)13-7-3-1-4-8-13)21-17(15)25-19(23)14-9-5-2-6-10-14/h1-12H. The van der Waals surface area contributed by atoms with E-state index in [4.69, 9.17) is 9.47 Å². The number of aromatic nitrogens is 1. The second kappa shape index (κ2) is 7.72. The van der Waals surface area contributed by atoms with Crippen molar-refractivity contribution >= 4 is 27.9 Å². The lowest BCUT2D eigenvalue weighted by Gasteiger charge is -2.08. The monoisotopic (exact) mass is 397 g/mol. The molecule has 124 valence electrons. The molecule has 0 saturated heterocycles. The van der Waals surface area contributed by atoms with Crippen LogP contribution in [0, 0.1) is 0 Å². The Labute approximate surface area is 152 Å². The maximum atomic E-state index is 12.1. The Kier molecular flexibility index (Phi) is 5.20. The molecule has 5 nitrogen and oxygen atoms in total. The van der Waals surface area contributed by atoms with Crippen molar-refractivity contribution in [2.24, 2.45) is 0 Å². The average molecular weight is 398 g/mol. The highest BCUT2D eigenvalue weighted by Crippen LogP contribution is 2.26. The molecule has 0 atom stereocenters. The molecule has 1 aromatic heterocycles. The summed E-state index contributed by atoms with van der Waals surface area (Å²) >= 11 is 3.26. The van der Waals surface area contributed by atoms with Gasteiger partial charge in [0.15, 0.2) is 0 Å². The number of hydrogen-bond donors (Lipinski definition) is 0. The van der Waals surface area contributed by atoms with Gasteiger partial charge in [0, 0.05) is 6.07 Å². The molecule has 3 rings (SSSR count). The van der Waals surface area contributed by atoms with Crippen LogP contribution in [0.1, 0.15) is 20.7 Å². The fraction of sp³-hybridized carbons (Fsp3) is 0. The Bertz CT molecular complexity index is 898. The van der Waals surface area contributed by atoms with E-state index in [9.17, 15) is 9.59 Å². The number of benzene rings is 2. The van der Waals surface area contributed by atoms with Gasteiger partial charge in [-0.25, -0.2) is 9.59 Å². The van der Waals surface area contributed by atoms with Crippen LogP contribution in [0.25, 0.3) is 0 Å². The van der Waals surface area contributed by atoms with Crippen LogP contribution < -0.4 is 9.47 Å². The smallest absolute Gasteiger partial charge is 0.344 e. The van der Waals surface area contributed by atoms with Crippen molar-refractivity contribution in [1.82, 2.24) is 4.98 Å². The van der Waals surface area contributed by atoms with Gasteiger partial charge in [0.2, 0.25) is 11.8 Å². The third kappa shape index (κ3) is 4.30. The van der Waals surface area contributed by atoms with E-state index in [0.29, 0.717) is 15.6 Å². The second-order valence-electron chi connectivity index (χ2n) is 4.95. The van der Waals surface area contributed by atoms with Crippen molar-refractivity contribution in [2.75, 3.05) is 0 Å². The minimum absolute atomic E-state index is 0.0206. The number of carbonyl (C=O) groups excluding carboxylic acids is 2. The van der Waals surface area contributed by atoms with Crippen LogP contribution in [0.3, 0.4) is 0 Å². The Morgan fingerprint density at radius 2 is 1.24 bits per heavy atom. The molecule has 0 aliphatic heterocycles. The van der Waals surface area contributed by atoms with Crippen LogP contribution in [0.15, 0.2) is 77.3 Å². The molecule has 0 fully saturated rings. The number of pyridine rings is 1. The van der Waals surface area contributed by atoms with E-state index in [1.807, 2.05) is 0 Å². The summed E-state index contributed by atoms with van der Waals surface area (Å²) in [5.41, 5.74) is 0.790. The van der Waals surface area contributed by atoms with Crippen LogP contribution in [-0.2, 0) is 0 Å². The van der Waals surface area contributed by atoms with E-state index in [1.165, 1.54) is 6.07 Å². The number of hydrogen-bond acceptors (Lipinski definition) is 5. The van der Waals surface area contributed by atoms with Gasteiger partial charge in [0.25, 0.3) is 0 Å². The van der Waals surface area contributed by atoms with Gasteiger partial charge in [-0.05, 0) is 46.3 Å². The van der Waals surface area contributed by atoms with Crippen molar-refractivity contribution in [2.45, 2.75) is 0 Å². The Morgan fingerprint density at radius 1 is 0.720 bits per heavy atom. The topological polar surface area (TPSA) is 65.5 Å². The first-order valence-electron chi connectivity index (χ1n) is 7.34. The lowest BCUT2D eigenvalue weighted by Crippen LogP contribution is -2.12. The van der Waals surface area contributed by atoms with E-state index in [0.717, 1.165) is 0 Å². The van der Waals surface area contributed by atoms with Gasteiger partial charge in [-0.1, -0.05) is 36.4 Å². The van der Waals surface area contributed by atoms with Gasteiger partial charge in [-0.3, -0.25) is 0 Å². The zero-order chi connectivity index (χ0) is 17.6. The highest BCUT2D eigenvalue weighted by atomic mass is 79.9. The summed E-state index contributed by atoms with van der Waals surface area (Å²) in [4.78, 5) is 28.3. The van der Waals surface area contributed by atoms with E-state index in [2.05, 4.69) is 20.9 Å². The van der Waals surface area contributed by atoms with Crippen molar-refractivity contribution < 1.29 is 19.1 Å². The molecule has 2 aromatic carbocycles. The molecule has 0 unspecified atom stereocenters. The Balaban J connectivity index is 1.76. The highest BCUT2D eigenvalue weighted by molar-refractivity contribution is 9.10. The summed E-state index contributed by atoms with van der Waals surface area (Å²) in [6, 6.07) is 20.2. The largest absolute Gasteiger partial charge is 0.404 e. The average Bonchev–Trinajstić information content (AvgIpc) is 2.66. The molecular weight excluding hydrogens is 386 g/mol. The van der Waals surface area contributed by atoms with Crippen molar-refractivity contribution in [3.05, 3.63) is 88.4 Å². The lowest BCUT2D eigenvalue weighted by molar-refractivity contribution is 0.0717. The molecule has 3 aromatic rings. The summed E-state index contributed by atoms with van der Waals surface area (Å²) < 4.78 is 11.0. The molecule has 0 saturated carbocycles. The van der Waals surface area contributed by atoms with E-state index in [-0.39, 0.29) is 11.8 Å². The summed E-state index contributed by atoms with van der Waals surface area (Å²) in [5.74, 6) is -1.05. The predicted molar refractivity (Wildman–Crippen MR) is 94.7 cm³/mol. The number of carbonyl (C=O) groups is 2. The van der Waals surface area contributed by atoms with E-state index >= 15 is 0 Å². The molecule has 0 aliphatic carbocycles. The molecule has 0 N–H and O–H groups in total. The molecule has 0 amide bonds. The minimum atomic E-state index is -0.555. The zero-order valence-corrected chi connectivity index (χ0v) is 14.5. The second-order valence-corrected chi connectivity index (χ2v) is 5.80. The van der Waals surface area contributed by atoms with Crippen LogP contribution in [0.4, 0.5) is 0 Å². The van der Waals surface area contributed by atoms with Gasteiger partial charge >= 0.3 is 11.9 Å². The number of ether oxygens (including phenoxy) is 2. The first kappa shape index (κ1) is 16.9. The van der Waals surface area contributed by atoms with Gasteiger partial charge in [0.1, 0.15) is 0 Å². The number of esters is 2. The Hall–Kier alpha value is -2.99. The van der Waals surface area contributed by atoms with E-state index < -0.39 is 11.9 Å². The Morgan fingerprint density at radius 3 is 1.80 bits per heavy atom. The van der Waals surface area contributed by atoms with Crippen LogP contribution in [-0.4, -0.2) is 16.9 Å². The molecule has 0 spiro atoms. The molecule has 0 radical (unpaired) electrons. The predicted octanol–water partition coefficient (Wildman–Crippen LogP) is 4.28. The summed E-state index contributed by atoms with van der Waals surface area (Å²) in [6.07, 6.45) is 0. The van der Waals surface area contributed by atoms with Crippen LogP contribution in [0.2, 0.25) is 0 Å². The quantitative estimate of drug-likeness (QED) is 0.614. The van der Waals surface area contributed by atoms with Crippen LogP contribution in [0.5, 0.6) is 11.8 Å². The highest BCUT2D eigenvalue weighted by Gasteiger charge is 2.15. The molecular formula is C19H12BrNO4. The number of nitrogens with zero attached hydrogens (tertiary/aromatic N) is 1. The summed E-state index contributed by atoms with van der Waals surface area (Å²) in [7, 11) is 0. The molecule has 6 heteroatoms. The molecule has 1 heterocycles. The molecule has 25 heavy (non-hydrogen) atoms. The first-order chi connectivity index (χ1) is 12.1. The summed E-state index contributed by atoms with van der Waals surface area (Å²) in [6.45, 7) is 0. The SMILES string of the molecule is O=C(Oc1ccc(Br)c(OC(=O)c2ccccc2)n1)c1ccccc1. The fourth-order valence-corrected chi connectivity index (χ4v) is 2.29. The van der Waals surface area contributed by atoms with Crippen LogP contribution >= 0.6 is 15.9 Å². The zero-order valence-electron chi connectivity index (χ0n) is 12.9. The van der Waals surface area contributed by atoms with Gasteiger partial charge < -0.3 is 9.47 Å². The van der Waals surface area contributed by atoms with Crippen molar-refractivity contribution in [3.8, 4) is 11.8 Å². The molecule has 0 bridgehead atoms. The normalized spacial score (nSPS) is 10.1. The number of halogens is 1. The van der Waals surface area contributed by atoms with E-state index in [1.54, 1.807) is 66.7 Å². The van der Waals surface area contributed by atoms with Gasteiger partial charge in [0.05, 0.1) is 15.6 Å². The lowest BCUT2D eigenvalue weighted by atomic mass is 10.2. The van der Waals surface area contributed by atoms with Crippen molar-refractivity contribution in [1.29, 1.82) is 0 Å². The first-order valence-corrected chi connectivity index (χ1v) is 8.14. The van der Waals surface area contributed by atoms with Gasteiger partial charge in [-0.2, -0.15) is 4.98 Å². The summed E-state index contributed by atoms with van der Waals surface area (Å²) in [5, 5.41) is 0. The third-order valence-corrected chi connectivity index (χ3v) is 3.80. The third-order valence-electron chi connectivity index (χ3n) is 3.19. The number of rotatable bonds is 4. The maximum absolute atomic E-state index is 12.1. The van der Waals surface area contributed by atoms with Crippen molar-refractivity contribution in [3.63, 3.8) is 0 Å². The maximum Gasteiger partial charge on any atom is 0.344 e.